The van der Waals surface area contributed by atoms with E-state index in [4.69, 9.17) is 9.47 Å². The summed E-state index contributed by atoms with van der Waals surface area (Å²) < 4.78 is 11.7. The first-order chi connectivity index (χ1) is 8.99. The molecule has 0 aliphatic carbocycles. The van der Waals surface area contributed by atoms with Crippen molar-refractivity contribution in [3.8, 4) is 0 Å². The van der Waals surface area contributed by atoms with E-state index in [0.29, 0.717) is 12.1 Å². The van der Waals surface area contributed by atoms with Crippen molar-refractivity contribution in [3.63, 3.8) is 0 Å². The van der Waals surface area contributed by atoms with Gasteiger partial charge in [0, 0.05) is 19.3 Å². The Morgan fingerprint density at radius 2 is 2.11 bits per heavy atom. The van der Waals surface area contributed by atoms with Gasteiger partial charge in [-0.2, -0.15) is 0 Å². The van der Waals surface area contributed by atoms with Gasteiger partial charge < -0.3 is 14.8 Å². The minimum absolute atomic E-state index is 0.174. The van der Waals surface area contributed by atoms with Crippen LogP contribution >= 0.6 is 0 Å². The average molecular weight is 271 g/mol. The van der Waals surface area contributed by atoms with E-state index in [1.54, 1.807) is 0 Å². The predicted octanol–water partition coefficient (Wildman–Crippen LogP) is 3.37. The fraction of sp³-hybridized carbons (Fsp3) is 1.00. The fourth-order valence-corrected chi connectivity index (χ4v) is 3.03. The topological polar surface area (TPSA) is 30.5 Å². The summed E-state index contributed by atoms with van der Waals surface area (Å²) in [6.07, 6.45) is 6.85. The molecule has 0 aromatic rings. The predicted molar refractivity (Wildman–Crippen MR) is 80.5 cm³/mol. The van der Waals surface area contributed by atoms with Crippen LogP contribution in [0.1, 0.15) is 59.8 Å². The van der Waals surface area contributed by atoms with Crippen LogP contribution in [0.3, 0.4) is 0 Å². The van der Waals surface area contributed by atoms with Gasteiger partial charge in [0.05, 0.1) is 12.2 Å². The molecule has 3 heteroatoms. The molecule has 3 unspecified atom stereocenters. The Balaban J connectivity index is 2.40. The van der Waals surface area contributed by atoms with Crippen molar-refractivity contribution in [2.45, 2.75) is 78.0 Å². The van der Waals surface area contributed by atoms with Gasteiger partial charge in [0.1, 0.15) is 0 Å². The molecular formula is C16H33NO2. The molecule has 1 saturated heterocycles. The summed E-state index contributed by atoms with van der Waals surface area (Å²) in [5.74, 6) is 0. The second-order valence-corrected chi connectivity index (χ2v) is 6.70. The van der Waals surface area contributed by atoms with Crippen LogP contribution in [0.15, 0.2) is 0 Å². The van der Waals surface area contributed by atoms with Crippen molar-refractivity contribution in [1.29, 1.82) is 0 Å². The van der Waals surface area contributed by atoms with Gasteiger partial charge in [-0.05, 0) is 51.5 Å². The molecule has 19 heavy (non-hydrogen) atoms. The summed E-state index contributed by atoms with van der Waals surface area (Å²) in [6, 6.07) is 0.432. The van der Waals surface area contributed by atoms with Gasteiger partial charge in [0.2, 0.25) is 0 Å². The lowest BCUT2D eigenvalue weighted by atomic mass is 9.82. The maximum Gasteiger partial charge on any atom is 0.0775 e. The first-order valence-electron chi connectivity index (χ1n) is 7.89. The van der Waals surface area contributed by atoms with Crippen molar-refractivity contribution in [2.75, 3.05) is 20.3 Å². The third kappa shape index (κ3) is 5.80. The maximum atomic E-state index is 5.99. The van der Waals surface area contributed by atoms with Crippen molar-refractivity contribution in [1.82, 2.24) is 5.32 Å². The molecule has 3 atom stereocenters. The lowest BCUT2D eigenvalue weighted by Crippen LogP contribution is -2.47. The molecule has 0 aromatic carbocycles. The molecule has 1 aliphatic rings. The summed E-state index contributed by atoms with van der Waals surface area (Å²) in [7, 11) is 2.05. The molecule has 1 heterocycles. The molecule has 0 amide bonds. The Morgan fingerprint density at radius 1 is 1.37 bits per heavy atom. The van der Waals surface area contributed by atoms with Crippen LogP contribution in [-0.4, -0.2) is 38.5 Å². The molecule has 1 rings (SSSR count). The van der Waals surface area contributed by atoms with Crippen LogP contribution in [0.25, 0.3) is 0 Å². The summed E-state index contributed by atoms with van der Waals surface area (Å²) in [4.78, 5) is 0. The third-order valence-corrected chi connectivity index (χ3v) is 4.00. The summed E-state index contributed by atoms with van der Waals surface area (Å²) in [5, 5.41) is 3.45. The number of hydrogen-bond donors (Lipinski definition) is 1. The first kappa shape index (κ1) is 16.9. The van der Waals surface area contributed by atoms with Crippen LogP contribution in [0.5, 0.6) is 0 Å². The lowest BCUT2D eigenvalue weighted by molar-refractivity contribution is -0.0368. The van der Waals surface area contributed by atoms with Crippen LogP contribution in [0.4, 0.5) is 0 Å². The zero-order valence-electron chi connectivity index (χ0n) is 13.5. The molecule has 0 spiro atoms. The van der Waals surface area contributed by atoms with Gasteiger partial charge >= 0.3 is 0 Å². The van der Waals surface area contributed by atoms with E-state index in [1.807, 2.05) is 0 Å². The van der Waals surface area contributed by atoms with E-state index in [1.165, 1.54) is 25.7 Å². The summed E-state index contributed by atoms with van der Waals surface area (Å²) >= 11 is 0. The van der Waals surface area contributed by atoms with Gasteiger partial charge in [-0.25, -0.2) is 0 Å². The van der Waals surface area contributed by atoms with E-state index in [2.05, 4.69) is 40.1 Å². The minimum Gasteiger partial charge on any atom is -0.378 e. The molecule has 0 saturated carbocycles. The van der Waals surface area contributed by atoms with Crippen LogP contribution < -0.4 is 5.32 Å². The third-order valence-electron chi connectivity index (χ3n) is 4.00. The SMILES string of the molecule is CCOC(C(CCCC1CCCO1)NC)C(C)(C)C. The highest BCUT2D eigenvalue weighted by Crippen LogP contribution is 2.28. The Morgan fingerprint density at radius 3 is 2.58 bits per heavy atom. The average Bonchev–Trinajstić information content (AvgIpc) is 2.84. The Kier molecular flexibility index (Phi) is 7.33. The standard InChI is InChI=1S/C16H33NO2/c1-6-18-15(16(2,3)4)14(17-5)11-7-9-13-10-8-12-19-13/h13-15,17H,6-12H2,1-5H3. The first-order valence-corrected chi connectivity index (χ1v) is 7.89. The van der Waals surface area contributed by atoms with Gasteiger partial charge in [-0.3, -0.25) is 0 Å². The van der Waals surface area contributed by atoms with Gasteiger partial charge in [-0.1, -0.05) is 20.8 Å². The van der Waals surface area contributed by atoms with E-state index in [0.717, 1.165) is 19.6 Å². The van der Waals surface area contributed by atoms with E-state index >= 15 is 0 Å². The zero-order chi connectivity index (χ0) is 14.3. The molecular weight excluding hydrogens is 238 g/mol. The van der Waals surface area contributed by atoms with Crippen LogP contribution in [0, 0.1) is 5.41 Å². The highest BCUT2D eigenvalue weighted by atomic mass is 16.5. The molecule has 0 aromatic heterocycles. The monoisotopic (exact) mass is 271 g/mol. The Hall–Kier alpha value is -0.120. The highest BCUT2D eigenvalue weighted by molar-refractivity contribution is 4.86. The number of rotatable bonds is 8. The van der Waals surface area contributed by atoms with E-state index in [-0.39, 0.29) is 11.5 Å². The van der Waals surface area contributed by atoms with E-state index in [9.17, 15) is 0 Å². The van der Waals surface area contributed by atoms with Gasteiger partial charge in [0.25, 0.3) is 0 Å². The summed E-state index contributed by atoms with van der Waals surface area (Å²) in [6.45, 7) is 10.6. The van der Waals surface area contributed by atoms with E-state index < -0.39 is 0 Å². The van der Waals surface area contributed by atoms with Crippen molar-refractivity contribution >= 4 is 0 Å². The second kappa shape index (κ2) is 8.23. The molecule has 1 fully saturated rings. The van der Waals surface area contributed by atoms with Crippen LogP contribution in [-0.2, 0) is 9.47 Å². The summed E-state index contributed by atoms with van der Waals surface area (Å²) in [5.41, 5.74) is 0.174. The van der Waals surface area contributed by atoms with Crippen molar-refractivity contribution < 1.29 is 9.47 Å². The number of ether oxygens (including phenoxy) is 2. The molecule has 1 N–H and O–H groups in total. The quantitative estimate of drug-likeness (QED) is 0.734. The fourth-order valence-electron chi connectivity index (χ4n) is 3.03. The molecule has 3 nitrogen and oxygen atoms in total. The highest BCUT2D eigenvalue weighted by Gasteiger charge is 2.32. The molecule has 0 radical (unpaired) electrons. The van der Waals surface area contributed by atoms with Crippen molar-refractivity contribution in [2.24, 2.45) is 5.41 Å². The number of nitrogens with one attached hydrogen (secondary N) is 1. The lowest BCUT2D eigenvalue weighted by Gasteiger charge is -2.37. The largest absolute Gasteiger partial charge is 0.378 e. The molecule has 114 valence electrons. The Labute approximate surface area is 119 Å². The van der Waals surface area contributed by atoms with Crippen molar-refractivity contribution in [3.05, 3.63) is 0 Å². The van der Waals surface area contributed by atoms with Crippen LogP contribution in [0.2, 0.25) is 0 Å². The molecule has 0 bridgehead atoms. The number of likely N-dealkylation sites (N-methyl/N-ethyl adjacent to an activating group) is 1. The Bertz CT molecular complexity index is 231. The van der Waals surface area contributed by atoms with Gasteiger partial charge in [-0.15, -0.1) is 0 Å². The second-order valence-electron chi connectivity index (χ2n) is 6.70. The van der Waals surface area contributed by atoms with Gasteiger partial charge in [0.15, 0.2) is 0 Å². The maximum absolute atomic E-state index is 5.99. The number of hydrogen-bond acceptors (Lipinski definition) is 3. The zero-order valence-corrected chi connectivity index (χ0v) is 13.5. The normalized spacial score (nSPS) is 23.5. The smallest absolute Gasteiger partial charge is 0.0775 e. The minimum atomic E-state index is 0.174. The molecule has 1 aliphatic heterocycles.